The van der Waals surface area contributed by atoms with Gasteiger partial charge >= 0.3 is 0 Å². The lowest BCUT2D eigenvalue weighted by molar-refractivity contribution is 0.0943. The van der Waals surface area contributed by atoms with E-state index in [1.807, 2.05) is 6.92 Å². The van der Waals surface area contributed by atoms with E-state index in [4.69, 9.17) is 4.74 Å². The minimum absolute atomic E-state index is 0.189. The number of amides is 1. The summed E-state index contributed by atoms with van der Waals surface area (Å²) in [5.74, 6) is -0.248. The van der Waals surface area contributed by atoms with Gasteiger partial charge in [-0.15, -0.1) is 0 Å². The topological polar surface area (TPSA) is 75.7 Å². The van der Waals surface area contributed by atoms with E-state index >= 15 is 0 Å². The molecule has 0 bridgehead atoms. The van der Waals surface area contributed by atoms with Gasteiger partial charge in [-0.3, -0.25) is 4.79 Å². The highest BCUT2D eigenvalue weighted by Crippen LogP contribution is 2.23. The van der Waals surface area contributed by atoms with Crippen molar-refractivity contribution in [3.05, 3.63) is 29.3 Å². The van der Waals surface area contributed by atoms with Gasteiger partial charge in [0.2, 0.25) is 10.0 Å². The molecular weight excluding hydrogens is 328 g/mol. The minimum atomic E-state index is -3.51. The first-order valence-electron chi connectivity index (χ1n) is 8.43. The third-order valence-corrected chi connectivity index (χ3v) is 6.01. The summed E-state index contributed by atoms with van der Waals surface area (Å²) in [6.07, 6.45) is 2.50. The van der Waals surface area contributed by atoms with Crippen molar-refractivity contribution < 1.29 is 17.9 Å². The molecule has 0 unspecified atom stereocenters. The van der Waals surface area contributed by atoms with E-state index in [0.717, 1.165) is 24.8 Å². The van der Waals surface area contributed by atoms with Crippen LogP contribution in [0.2, 0.25) is 0 Å². The second-order valence-corrected chi connectivity index (χ2v) is 7.83. The van der Waals surface area contributed by atoms with Crippen LogP contribution in [0.4, 0.5) is 0 Å². The average Bonchev–Trinajstić information content (AvgIpc) is 3.10. The summed E-state index contributed by atoms with van der Waals surface area (Å²) in [7, 11) is -3.51. The van der Waals surface area contributed by atoms with Gasteiger partial charge in [-0.05, 0) is 50.8 Å². The van der Waals surface area contributed by atoms with Crippen molar-refractivity contribution in [2.24, 2.45) is 0 Å². The van der Waals surface area contributed by atoms with Gasteiger partial charge in [0.1, 0.15) is 0 Å². The Morgan fingerprint density at radius 2 is 2.00 bits per heavy atom. The predicted octanol–water partition coefficient (Wildman–Crippen LogP) is 1.94. The molecule has 1 aliphatic rings. The summed E-state index contributed by atoms with van der Waals surface area (Å²) in [5, 5.41) is 2.82. The van der Waals surface area contributed by atoms with Crippen molar-refractivity contribution in [2.75, 3.05) is 32.8 Å². The van der Waals surface area contributed by atoms with Gasteiger partial charge in [-0.2, -0.15) is 4.31 Å². The molecule has 134 valence electrons. The number of nitrogens with zero attached hydrogens (tertiary/aromatic N) is 1. The highest BCUT2D eigenvalue weighted by Gasteiger charge is 2.28. The Morgan fingerprint density at radius 3 is 2.67 bits per heavy atom. The van der Waals surface area contributed by atoms with Gasteiger partial charge < -0.3 is 10.1 Å². The molecule has 0 radical (unpaired) electrons. The van der Waals surface area contributed by atoms with Crippen LogP contribution in [-0.4, -0.2) is 51.5 Å². The number of carbonyl (C=O) groups is 1. The smallest absolute Gasteiger partial charge is 0.251 e. The predicted molar refractivity (Wildman–Crippen MR) is 92.6 cm³/mol. The van der Waals surface area contributed by atoms with Crippen LogP contribution in [0.3, 0.4) is 0 Å². The van der Waals surface area contributed by atoms with Crippen molar-refractivity contribution in [2.45, 2.75) is 38.0 Å². The second kappa shape index (κ2) is 8.60. The number of sulfonamides is 1. The largest absolute Gasteiger partial charge is 0.382 e. The van der Waals surface area contributed by atoms with Crippen LogP contribution >= 0.6 is 0 Å². The van der Waals surface area contributed by atoms with E-state index in [1.54, 1.807) is 19.1 Å². The summed E-state index contributed by atoms with van der Waals surface area (Å²) < 4.78 is 32.0. The lowest BCUT2D eigenvalue weighted by Gasteiger charge is -2.17. The number of nitrogens with one attached hydrogen (secondary N) is 1. The Balaban J connectivity index is 2.09. The molecule has 1 amide bonds. The van der Waals surface area contributed by atoms with Crippen molar-refractivity contribution >= 4 is 15.9 Å². The third-order valence-electron chi connectivity index (χ3n) is 4.11. The fraction of sp³-hybridized carbons (Fsp3) is 0.588. The van der Waals surface area contributed by atoms with E-state index in [9.17, 15) is 13.2 Å². The number of benzene rings is 1. The molecule has 1 aromatic carbocycles. The third kappa shape index (κ3) is 4.55. The van der Waals surface area contributed by atoms with Gasteiger partial charge in [0.05, 0.1) is 4.90 Å². The zero-order chi connectivity index (χ0) is 17.6. The molecule has 0 aliphatic carbocycles. The molecule has 1 saturated heterocycles. The van der Waals surface area contributed by atoms with Crippen LogP contribution in [0.25, 0.3) is 0 Å². The second-order valence-electron chi connectivity index (χ2n) is 5.89. The number of carbonyl (C=O) groups excluding carboxylic acids is 1. The molecule has 0 aromatic heterocycles. The maximum Gasteiger partial charge on any atom is 0.251 e. The Kier molecular flexibility index (Phi) is 6.77. The van der Waals surface area contributed by atoms with Crippen LogP contribution < -0.4 is 5.32 Å². The first kappa shape index (κ1) is 18.9. The average molecular weight is 354 g/mol. The first-order chi connectivity index (χ1) is 11.5. The highest BCUT2D eigenvalue weighted by atomic mass is 32.2. The van der Waals surface area contributed by atoms with E-state index in [-0.39, 0.29) is 10.8 Å². The zero-order valence-corrected chi connectivity index (χ0v) is 15.2. The zero-order valence-electron chi connectivity index (χ0n) is 14.4. The van der Waals surface area contributed by atoms with E-state index < -0.39 is 10.0 Å². The maximum absolute atomic E-state index is 12.6. The summed E-state index contributed by atoms with van der Waals surface area (Å²) in [4.78, 5) is 12.5. The van der Waals surface area contributed by atoms with Gasteiger partial charge in [-0.25, -0.2) is 8.42 Å². The van der Waals surface area contributed by atoms with Crippen LogP contribution in [0.5, 0.6) is 0 Å². The fourth-order valence-corrected chi connectivity index (χ4v) is 4.24. The number of ether oxygens (including phenoxy) is 1. The van der Waals surface area contributed by atoms with Gasteiger partial charge in [0.15, 0.2) is 0 Å². The van der Waals surface area contributed by atoms with Gasteiger partial charge in [0.25, 0.3) is 5.91 Å². The Bertz CT molecular complexity index is 667. The molecule has 6 nitrogen and oxygen atoms in total. The number of aryl methyl sites for hydroxylation is 1. The summed E-state index contributed by atoms with van der Waals surface area (Å²) in [6.45, 7) is 6.59. The lowest BCUT2D eigenvalue weighted by Crippen LogP contribution is -2.29. The van der Waals surface area contributed by atoms with Crippen molar-refractivity contribution in [3.63, 3.8) is 0 Å². The quantitative estimate of drug-likeness (QED) is 0.724. The SMILES string of the molecule is CCOCCCNC(=O)c1cc(S(=O)(=O)N2CCCC2)ccc1C. The van der Waals surface area contributed by atoms with Crippen LogP contribution in [0.1, 0.15) is 42.1 Å². The van der Waals surface area contributed by atoms with Crippen molar-refractivity contribution in [1.29, 1.82) is 0 Å². The van der Waals surface area contributed by atoms with Crippen LogP contribution in [0.15, 0.2) is 23.1 Å². The molecule has 0 spiro atoms. The number of hydrogen-bond donors (Lipinski definition) is 1. The molecule has 0 atom stereocenters. The minimum Gasteiger partial charge on any atom is -0.382 e. The molecule has 1 N–H and O–H groups in total. The molecule has 1 fully saturated rings. The van der Waals surface area contributed by atoms with Gasteiger partial charge in [-0.1, -0.05) is 6.07 Å². The maximum atomic E-state index is 12.6. The molecule has 7 heteroatoms. The molecule has 0 saturated carbocycles. The Labute approximate surface area is 144 Å². The molecule has 1 heterocycles. The molecular formula is C17H26N2O4S. The van der Waals surface area contributed by atoms with Crippen molar-refractivity contribution in [1.82, 2.24) is 9.62 Å². The standard InChI is InChI=1S/C17H26N2O4S/c1-3-23-12-6-9-18-17(20)16-13-15(8-7-14(16)2)24(21,22)19-10-4-5-11-19/h7-8,13H,3-6,9-12H2,1-2H3,(H,18,20). The first-order valence-corrected chi connectivity index (χ1v) is 9.87. The highest BCUT2D eigenvalue weighted by molar-refractivity contribution is 7.89. The fourth-order valence-electron chi connectivity index (χ4n) is 2.70. The van der Waals surface area contributed by atoms with E-state index in [2.05, 4.69) is 5.32 Å². The van der Waals surface area contributed by atoms with Crippen LogP contribution in [-0.2, 0) is 14.8 Å². The van der Waals surface area contributed by atoms with Crippen molar-refractivity contribution in [3.8, 4) is 0 Å². The van der Waals surface area contributed by atoms with E-state index in [1.165, 1.54) is 10.4 Å². The van der Waals surface area contributed by atoms with Gasteiger partial charge in [0, 0.05) is 38.4 Å². The molecule has 2 rings (SSSR count). The summed E-state index contributed by atoms with van der Waals surface area (Å²) >= 11 is 0. The van der Waals surface area contributed by atoms with Crippen LogP contribution in [0, 0.1) is 6.92 Å². The summed E-state index contributed by atoms with van der Waals surface area (Å²) in [6, 6.07) is 4.76. The lowest BCUT2D eigenvalue weighted by atomic mass is 10.1. The molecule has 24 heavy (non-hydrogen) atoms. The van der Waals surface area contributed by atoms with E-state index in [0.29, 0.717) is 38.4 Å². The Morgan fingerprint density at radius 1 is 1.29 bits per heavy atom. The number of rotatable bonds is 8. The monoisotopic (exact) mass is 354 g/mol. The normalized spacial score (nSPS) is 15.6. The summed E-state index contributed by atoms with van der Waals surface area (Å²) in [5.41, 5.74) is 1.17. The Hall–Kier alpha value is -1.44. The molecule has 1 aliphatic heterocycles. The number of hydrogen-bond acceptors (Lipinski definition) is 4. The molecule has 1 aromatic rings.